The van der Waals surface area contributed by atoms with E-state index in [9.17, 15) is 4.79 Å². The Bertz CT molecular complexity index is 493. The highest BCUT2D eigenvalue weighted by Gasteiger charge is 2.33. The van der Waals surface area contributed by atoms with Crippen LogP contribution in [0.4, 0.5) is 0 Å². The molecule has 18 heavy (non-hydrogen) atoms. The summed E-state index contributed by atoms with van der Waals surface area (Å²) in [7, 11) is 0. The van der Waals surface area contributed by atoms with Gasteiger partial charge in [-0.15, -0.1) is 0 Å². The van der Waals surface area contributed by atoms with Crippen LogP contribution in [0.15, 0.2) is 29.4 Å². The fourth-order valence-corrected chi connectivity index (χ4v) is 2.06. The van der Waals surface area contributed by atoms with Crippen molar-refractivity contribution in [1.82, 2.24) is 5.32 Å². The number of nitrogens with one attached hydrogen (secondary N) is 1. The Labute approximate surface area is 106 Å². The minimum atomic E-state index is -0.121. The fraction of sp³-hybridized carbons (Fsp3) is 0.385. The zero-order valence-electron chi connectivity index (χ0n) is 10.3. The number of amidine groups is 1. The second-order valence-corrected chi connectivity index (χ2v) is 4.93. The third-order valence-corrected chi connectivity index (χ3v) is 3.40. The second-order valence-electron chi connectivity index (χ2n) is 4.93. The number of oxime groups is 1. The Kier molecular flexibility index (Phi) is 3.23. The first-order valence-corrected chi connectivity index (χ1v) is 5.94. The summed E-state index contributed by atoms with van der Waals surface area (Å²) in [5.41, 5.74) is 6.47. The second kappa shape index (κ2) is 4.68. The lowest BCUT2D eigenvalue weighted by atomic mass is 9.78. The molecule has 0 saturated heterocycles. The van der Waals surface area contributed by atoms with Gasteiger partial charge in [0.15, 0.2) is 5.84 Å². The van der Waals surface area contributed by atoms with Gasteiger partial charge in [-0.2, -0.15) is 0 Å². The zero-order chi connectivity index (χ0) is 13.2. The van der Waals surface area contributed by atoms with Gasteiger partial charge in [0.25, 0.3) is 5.91 Å². The van der Waals surface area contributed by atoms with Gasteiger partial charge < -0.3 is 16.3 Å². The number of amides is 1. The molecule has 0 heterocycles. The van der Waals surface area contributed by atoms with E-state index in [-0.39, 0.29) is 17.3 Å². The van der Waals surface area contributed by atoms with E-state index in [1.54, 1.807) is 24.3 Å². The SMILES string of the molecule is CC1(NC(=O)c2cccc(/C(N)=N/O)c2)CCC1. The van der Waals surface area contributed by atoms with Gasteiger partial charge in [-0.1, -0.05) is 17.3 Å². The van der Waals surface area contributed by atoms with Crippen molar-refractivity contribution in [2.24, 2.45) is 10.9 Å². The number of carbonyl (C=O) groups excluding carboxylic acids is 1. The van der Waals surface area contributed by atoms with E-state index in [1.807, 2.05) is 6.92 Å². The first-order chi connectivity index (χ1) is 8.54. The van der Waals surface area contributed by atoms with Crippen molar-refractivity contribution in [3.05, 3.63) is 35.4 Å². The van der Waals surface area contributed by atoms with Gasteiger partial charge in [0, 0.05) is 16.7 Å². The lowest BCUT2D eigenvalue weighted by molar-refractivity contribution is 0.0850. The first-order valence-electron chi connectivity index (χ1n) is 5.94. The van der Waals surface area contributed by atoms with Crippen molar-refractivity contribution >= 4 is 11.7 Å². The lowest BCUT2D eigenvalue weighted by Gasteiger charge is -2.39. The van der Waals surface area contributed by atoms with Crippen LogP contribution in [0.1, 0.15) is 42.1 Å². The highest BCUT2D eigenvalue weighted by Crippen LogP contribution is 2.31. The Hall–Kier alpha value is -2.04. The number of carbonyl (C=O) groups is 1. The summed E-state index contributed by atoms with van der Waals surface area (Å²) in [5, 5.41) is 14.5. The number of nitrogens with zero attached hydrogens (tertiary/aromatic N) is 1. The summed E-state index contributed by atoms with van der Waals surface area (Å²) in [4.78, 5) is 12.1. The van der Waals surface area contributed by atoms with Crippen molar-refractivity contribution in [2.75, 3.05) is 0 Å². The van der Waals surface area contributed by atoms with E-state index in [4.69, 9.17) is 10.9 Å². The van der Waals surface area contributed by atoms with Crippen LogP contribution in [-0.2, 0) is 0 Å². The van der Waals surface area contributed by atoms with E-state index in [2.05, 4.69) is 10.5 Å². The molecule has 1 aromatic rings. The van der Waals surface area contributed by atoms with Crippen LogP contribution in [0, 0.1) is 0 Å². The number of benzene rings is 1. The van der Waals surface area contributed by atoms with Crippen molar-refractivity contribution in [3.8, 4) is 0 Å². The smallest absolute Gasteiger partial charge is 0.251 e. The van der Waals surface area contributed by atoms with Crippen LogP contribution < -0.4 is 11.1 Å². The molecular weight excluding hydrogens is 230 g/mol. The predicted octanol–water partition coefficient (Wildman–Crippen LogP) is 1.45. The fourth-order valence-electron chi connectivity index (χ4n) is 2.06. The van der Waals surface area contributed by atoms with E-state index in [1.165, 1.54) is 0 Å². The molecule has 0 unspecified atom stereocenters. The quantitative estimate of drug-likeness (QED) is 0.327. The van der Waals surface area contributed by atoms with Crippen LogP contribution in [0.2, 0.25) is 0 Å². The maximum absolute atomic E-state index is 12.1. The van der Waals surface area contributed by atoms with Gasteiger partial charge >= 0.3 is 0 Å². The molecule has 0 atom stereocenters. The molecule has 0 spiro atoms. The molecular formula is C13H17N3O2. The minimum absolute atomic E-state index is 0.000458. The normalized spacial score (nSPS) is 17.9. The van der Waals surface area contributed by atoms with Gasteiger partial charge in [0.2, 0.25) is 0 Å². The topological polar surface area (TPSA) is 87.7 Å². The van der Waals surface area contributed by atoms with Crippen molar-refractivity contribution in [1.29, 1.82) is 0 Å². The van der Waals surface area contributed by atoms with Gasteiger partial charge in [-0.3, -0.25) is 4.79 Å². The largest absolute Gasteiger partial charge is 0.409 e. The van der Waals surface area contributed by atoms with Crippen LogP contribution in [0.5, 0.6) is 0 Å². The summed E-state index contributed by atoms with van der Waals surface area (Å²) < 4.78 is 0. The lowest BCUT2D eigenvalue weighted by Crippen LogP contribution is -2.50. The van der Waals surface area contributed by atoms with Crippen LogP contribution >= 0.6 is 0 Å². The maximum Gasteiger partial charge on any atom is 0.251 e. The standard InChI is InChI=1S/C13H17N3O2/c1-13(6-3-7-13)15-12(17)10-5-2-4-9(8-10)11(14)16-18/h2,4-5,8,18H,3,6-7H2,1H3,(H2,14,16)(H,15,17). The average Bonchev–Trinajstić information content (AvgIpc) is 2.36. The number of nitrogens with two attached hydrogens (primary N) is 1. The Morgan fingerprint density at radius 1 is 1.44 bits per heavy atom. The summed E-state index contributed by atoms with van der Waals surface area (Å²) in [6.07, 6.45) is 3.18. The van der Waals surface area contributed by atoms with Crippen molar-refractivity contribution in [2.45, 2.75) is 31.7 Å². The highest BCUT2D eigenvalue weighted by atomic mass is 16.4. The van der Waals surface area contributed by atoms with E-state index in [0.29, 0.717) is 11.1 Å². The van der Waals surface area contributed by atoms with Crippen LogP contribution in [-0.4, -0.2) is 22.5 Å². The number of hydrogen-bond acceptors (Lipinski definition) is 3. The molecule has 5 nitrogen and oxygen atoms in total. The minimum Gasteiger partial charge on any atom is -0.409 e. The van der Waals surface area contributed by atoms with Gasteiger partial charge in [-0.05, 0) is 38.3 Å². The maximum atomic E-state index is 12.1. The third-order valence-electron chi connectivity index (χ3n) is 3.40. The molecule has 1 aliphatic rings. The van der Waals surface area contributed by atoms with E-state index in [0.717, 1.165) is 19.3 Å². The van der Waals surface area contributed by atoms with E-state index < -0.39 is 0 Å². The zero-order valence-corrected chi connectivity index (χ0v) is 10.3. The molecule has 5 heteroatoms. The van der Waals surface area contributed by atoms with E-state index >= 15 is 0 Å². The molecule has 0 aromatic heterocycles. The predicted molar refractivity (Wildman–Crippen MR) is 68.7 cm³/mol. The molecule has 2 rings (SSSR count). The average molecular weight is 247 g/mol. The summed E-state index contributed by atoms with van der Waals surface area (Å²) in [5.74, 6) is -0.121. The molecule has 1 aromatic carbocycles. The Morgan fingerprint density at radius 3 is 2.67 bits per heavy atom. The highest BCUT2D eigenvalue weighted by molar-refractivity contribution is 6.01. The number of rotatable bonds is 3. The molecule has 0 radical (unpaired) electrons. The van der Waals surface area contributed by atoms with Crippen molar-refractivity contribution < 1.29 is 10.0 Å². The molecule has 96 valence electrons. The molecule has 1 fully saturated rings. The molecule has 1 amide bonds. The van der Waals surface area contributed by atoms with Gasteiger partial charge in [-0.25, -0.2) is 0 Å². The molecule has 1 saturated carbocycles. The Balaban J connectivity index is 2.15. The van der Waals surface area contributed by atoms with Gasteiger partial charge in [0.1, 0.15) is 0 Å². The monoisotopic (exact) mass is 247 g/mol. The van der Waals surface area contributed by atoms with Crippen molar-refractivity contribution in [3.63, 3.8) is 0 Å². The summed E-state index contributed by atoms with van der Waals surface area (Å²) >= 11 is 0. The summed E-state index contributed by atoms with van der Waals surface area (Å²) in [6.45, 7) is 2.04. The molecule has 0 aliphatic heterocycles. The van der Waals surface area contributed by atoms with Crippen LogP contribution in [0.3, 0.4) is 0 Å². The first kappa shape index (κ1) is 12.4. The van der Waals surface area contributed by atoms with Gasteiger partial charge in [0.05, 0.1) is 0 Å². The number of hydrogen-bond donors (Lipinski definition) is 3. The molecule has 1 aliphatic carbocycles. The van der Waals surface area contributed by atoms with Crippen LogP contribution in [0.25, 0.3) is 0 Å². The third kappa shape index (κ3) is 2.45. The summed E-state index contributed by atoms with van der Waals surface area (Å²) in [6, 6.07) is 6.74. The Morgan fingerprint density at radius 2 is 2.11 bits per heavy atom. The molecule has 0 bridgehead atoms. The molecule has 4 N–H and O–H groups in total.